The van der Waals surface area contributed by atoms with Crippen LogP contribution in [0.25, 0.3) is 11.1 Å². The summed E-state index contributed by atoms with van der Waals surface area (Å²) in [5.74, 6) is 0.812. The third-order valence-electron chi connectivity index (χ3n) is 3.56. The van der Waals surface area contributed by atoms with E-state index in [9.17, 15) is 0 Å². The maximum atomic E-state index is 6.04. The van der Waals surface area contributed by atoms with Crippen molar-refractivity contribution >= 4 is 28.8 Å². The van der Waals surface area contributed by atoms with Gasteiger partial charge in [-0.3, -0.25) is 0 Å². The Hall–Kier alpha value is -2.52. The molecule has 3 rings (SSSR count). The highest BCUT2D eigenvalue weighted by Gasteiger charge is 2.02. The fraction of sp³-hybridized carbons (Fsp3) is 0.105. The van der Waals surface area contributed by atoms with E-state index in [1.54, 1.807) is 0 Å². The zero-order chi connectivity index (χ0) is 16.2. The zero-order valence-corrected chi connectivity index (χ0v) is 13.9. The van der Waals surface area contributed by atoms with Gasteiger partial charge >= 0.3 is 0 Å². The number of benzene rings is 2. The van der Waals surface area contributed by atoms with E-state index in [1.165, 1.54) is 0 Å². The molecule has 0 unspecified atom stereocenters. The molecule has 0 atom stereocenters. The standard InChI is InChI=1S/C19H18ClN3/c1-23(2)18-8-4-7-17(12-18)22-19-10-9-15(13-21-19)14-5-3-6-16(20)11-14/h3-13H,1-2H3,(H,21,22). The molecule has 3 nitrogen and oxygen atoms in total. The first-order chi connectivity index (χ1) is 11.1. The molecule has 0 aliphatic carbocycles. The van der Waals surface area contributed by atoms with E-state index < -0.39 is 0 Å². The Balaban J connectivity index is 1.79. The van der Waals surface area contributed by atoms with Crippen molar-refractivity contribution in [3.05, 3.63) is 71.9 Å². The van der Waals surface area contributed by atoms with Crippen LogP contribution in [-0.2, 0) is 0 Å². The first-order valence-electron chi connectivity index (χ1n) is 7.38. The minimum atomic E-state index is 0.727. The van der Waals surface area contributed by atoms with Gasteiger partial charge in [0.05, 0.1) is 0 Å². The molecule has 4 heteroatoms. The van der Waals surface area contributed by atoms with Crippen molar-refractivity contribution in [2.75, 3.05) is 24.3 Å². The number of hydrogen-bond donors (Lipinski definition) is 1. The van der Waals surface area contributed by atoms with Crippen molar-refractivity contribution in [1.29, 1.82) is 0 Å². The van der Waals surface area contributed by atoms with Gasteiger partial charge in [0, 0.05) is 42.3 Å². The van der Waals surface area contributed by atoms with Crippen LogP contribution in [0, 0.1) is 0 Å². The van der Waals surface area contributed by atoms with Crippen LogP contribution >= 0.6 is 11.6 Å². The number of pyridine rings is 1. The lowest BCUT2D eigenvalue weighted by Gasteiger charge is -2.14. The Bertz CT molecular complexity index is 798. The van der Waals surface area contributed by atoms with Crippen LogP contribution < -0.4 is 10.2 Å². The van der Waals surface area contributed by atoms with Crippen molar-refractivity contribution in [1.82, 2.24) is 4.98 Å². The molecular weight excluding hydrogens is 306 g/mol. The monoisotopic (exact) mass is 323 g/mol. The fourth-order valence-corrected chi connectivity index (χ4v) is 2.51. The van der Waals surface area contributed by atoms with Crippen LogP contribution in [0.1, 0.15) is 0 Å². The van der Waals surface area contributed by atoms with Crippen LogP contribution in [0.3, 0.4) is 0 Å². The molecule has 0 bridgehead atoms. The third-order valence-corrected chi connectivity index (χ3v) is 3.79. The van der Waals surface area contributed by atoms with Crippen molar-refractivity contribution in [2.45, 2.75) is 0 Å². The first kappa shape index (κ1) is 15.4. The fourth-order valence-electron chi connectivity index (χ4n) is 2.32. The summed E-state index contributed by atoms with van der Waals surface area (Å²) in [4.78, 5) is 6.56. The molecule has 0 aliphatic heterocycles. The van der Waals surface area contributed by atoms with Gasteiger partial charge in [0.1, 0.15) is 5.82 Å². The second-order valence-electron chi connectivity index (χ2n) is 5.51. The van der Waals surface area contributed by atoms with Crippen LogP contribution in [-0.4, -0.2) is 19.1 Å². The van der Waals surface area contributed by atoms with E-state index in [2.05, 4.69) is 27.3 Å². The SMILES string of the molecule is CN(C)c1cccc(Nc2ccc(-c3cccc(Cl)c3)cn2)c1. The number of anilines is 3. The molecule has 0 saturated heterocycles. The van der Waals surface area contributed by atoms with E-state index in [-0.39, 0.29) is 0 Å². The Kier molecular flexibility index (Phi) is 4.49. The van der Waals surface area contributed by atoms with Crippen molar-refractivity contribution in [2.24, 2.45) is 0 Å². The third kappa shape index (κ3) is 3.82. The van der Waals surface area contributed by atoms with E-state index in [0.29, 0.717) is 0 Å². The number of halogens is 1. The first-order valence-corrected chi connectivity index (χ1v) is 7.76. The predicted octanol–water partition coefficient (Wildman–Crippen LogP) is 5.21. The lowest BCUT2D eigenvalue weighted by atomic mass is 10.1. The quantitative estimate of drug-likeness (QED) is 0.714. The molecule has 3 aromatic rings. The summed E-state index contributed by atoms with van der Waals surface area (Å²) in [6.45, 7) is 0. The summed E-state index contributed by atoms with van der Waals surface area (Å²) >= 11 is 6.04. The van der Waals surface area contributed by atoms with Gasteiger partial charge in [0.15, 0.2) is 0 Å². The number of hydrogen-bond acceptors (Lipinski definition) is 3. The van der Waals surface area contributed by atoms with Crippen LogP contribution in [0.4, 0.5) is 17.2 Å². The highest BCUT2D eigenvalue weighted by atomic mass is 35.5. The van der Waals surface area contributed by atoms with Gasteiger partial charge in [-0.2, -0.15) is 0 Å². The van der Waals surface area contributed by atoms with E-state index in [0.717, 1.165) is 33.3 Å². The molecule has 0 aliphatic rings. The molecule has 0 fully saturated rings. The van der Waals surface area contributed by atoms with Gasteiger partial charge in [-0.25, -0.2) is 4.98 Å². The highest BCUT2D eigenvalue weighted by molar-refractivity contribution is 6.30. The van der Waals surface area contributed by atoms with Gasteiger partial charge in [0.25, 0.3) is 0 Å². The van der Waals surface area contributed by atoms with Gasteiger partial charge in [-0.05, 0) is 48.0 Å². The van der Waals surface area contributed by atoms with Gasteiger partial charge in [-0.15, -0.1) is 0 Å². The number of rotatable bonds is 4. The lowest BCUT2D eigenvalue weighted by Crippen LogP contribution is -2.08. The topological polar surface area (TPSA) is 28.2 Å². The zero-order valence-electron chi connectivity index (χ0n) is 13.1. The Morgan fingerprint density at radius 1 is 0.913 bits per heavy atom. The summed E-state index contributed by atoms with van der Waals surface area (Å²) in [7, 11) is 4.05. The maximum absolute atomic E-state index is 6.04. The van der Waals surface area contributed by atoms with E-state index >= 15 is 0 Å². The molecule has 116 valence electrons. The van der Waals surface area contributed by atoms with Crippen molar-refractivity contribution in [3.63, 3.8) is 0 Å². The largest absolute Gasteiger partial charge is 0.378 e. The molecule has 0 amide bonds. The van der Waals surface area contributed by atoms with Gasteiger partial charge in [-0.1, -0.05) is 29.8 Å². The van der Waals surface area contributed by atoms with Crippen LogP contribution in [0.2, 0.25) is 5.02 Å². The number of aromatic nitrogens is 1. The predicted molar refractivity (Wildman–Crippen MR) is 98.7 cm³/mol. The number of nitrogens with zero attached hydrogens (tertiary/aromatic N) is 2. The van der Waals surface area contributed by atoms with Crippen molar-refractivity contribution < 1.29 is 0 Å². The highest BCUT2D eigenvalue weighted by Crippen LogP contribution is 2.24. The minimum Gasteiger partial charge on any atom is -0.378 e. The second kappa shape index (κ2) is 6.71. The van der Waals surface area contributed by atoms with Crippen LogP contribution in [0.5, 0.6) is 0 Å². The number of nitrogens with one attached hydrogen (secondary N) is 1. The van der Waals surface area contributed by atoms with E-state index in [1.807, 2.05) is 68.8 Å². The minimum absolute atomic E-state index is 0.727. The molecule has 2 aromatic carbocycles. The molecule has 0 radical (unpaired) electrons. The molecule has 1 aromatic heterocycles. The normalized spacial score (nSPS) is 10.4. The Labute approximate surface area is 141 Å². The molecule has 1 N–H and O–H groups in total. The molecule has 23 heavy (non-hydrogen) atoms. The van der Waals surface area contributed by atoms with E-state index in [4.69, 9.17) is 11.6 Å². The molecule has 0 spiro atoms. The lowest BCUT2D eigenvalue weighted by molar-refractivity contribution is 1.13. The van der Waals surface area contributed by atoms with Crippen molar-refractivity contribution in [3.8, 4) is 11.1 Å². The maximum Gasteiger partial charge on any atom is 0.130 e. The summed E-state index contributed by atoms with van der Waals surface area (Å²) in [6.07, 6.45) is 1.85. The van der Waals surface area contributed by atoms with Crippen LogP contribution in [0.15, 0.2) is 66.9 Å². The summed E-state index contributed by atoms with van der Waals surface area (Å²) in [5.41, 5.74) is 4.26. The molecule has 1 heterocycles. The molecular formula is C19H18ClN3. The average molecular weight is 324 g/mol. The summed E-state index contributed by atoms with van der Waals surface area (Å²) in [5, 5.41) is 4.05. The Morgan fingerprint density at radius 3 is 2.43 bits per heavy atom. The smallest absolute Gasteiger partial charge is 0.130 e. The van der Waals surface area contributed by atoms with Gasteiger partial charge < -0.3 is 10.2 Å². The Morgan fingerprint density at radius 2 is 1.74 bits per heavy atom. The van der Waals surface area contributed by atoms with Gasteiger partial charge in [0.2, 0.25) is 0 Å². The summed E-state index contributed by atoms with van der Waals surface area (Å²) in [6, 6.07) is 20.0. The summed E-state index contributed by atoms with van der Waals surface area (Å²) < 4.78 is 0. The average Bonchev–Trinajstić information content (AvgIpc) is 2.56. The molecule has 0 saturated carbocycles. The second-order valence-corrected chi connectivity index (χ2v) is 5.95.